The third-order valence-electron chi connectivity index (χ3n) is 15.3. The Labute approximate surface area is 670 Å². The average Bonchev–Trinajstić information content (AvgIpc) is 0.759. The van der Waals surface area contributed by atoms with Crippen molar-refractivity contribution in [1.82, 2.24) is 0 Å². The molecule has 0 atom stereocenters. The highest BCUT2D eigenvalue weighted by atomic mass is 32.2. The second kappa shape index (κ2) is 71.1. The summed E-state index contributed by atoms with van der Waals surface area (Å²) >= 11 is 0. The van der Waals surface area contributed by atoms with Crippen LogP contribution in [0.3, 0.4) is 0 Å². The molecule has 0 spiro atoms. The average molecular weight is 1640 g/mol. The van der Waals surface area contributed by atoms with Crippen molar-refractivity contribution in [1.29, 1.82) is 0 Å². The Morgan fingerprint density at radius 1 is 0.212 bits per heavy atom. The molecule has 30 nitrogen and oxygen atoms in total. The number of ether oxygens (including phenoxy) is 23. The molecular weight excluding hydrogens is 1520 g/mol. The highest BCUT2D eigenvalue weighted by molar-refractivity contribution is 7.87. The minimum Gasteiger partial charge on any atom is -0.394 e. The van der Waals surface area contributed by atoms with Gasteiger partial charge in [-0.05, 0) is 54.8 Å². The van der Waals surface area contributed by atoms with Crippen molar-refractivity contribution >= 4 is 20.2 Å². The molecule has 0 unspecified atom stereocenters. The molecule has 32 heteroatoms. The first-order valence-electron chi connectivity index (χ1n) is 38.6. The number of rotatable bonds is 79. The van der Waals surface area contributed by atoms with Gasteiger partial charge in [0, 0.05) is 0 Å². The lowest BCUT2D eigenvalue weighted by Crippen LogP contribution is -2.34. The second-order valence-corrected chi connectivity index (χ2v) is 27.2. The molecule has 0 aliphatic heterocycles. The van der Waals surface area contributed by atoms with Crippen molar-refractivity contribution in [2.45, 2.75) is 29.2 Å². The summed E-state index contributed by atoms with van der Waals surface area (Å²) in [6.07, 6.45) is 0. The Hall–Kier alpha value is -5.04. The third kappa shape index (κ3) is 53.1. The van der Waals surface area contributed by atoms with Crippen molar-refractivity contribution in [3.05, 3.63) is 167 Å². The number of aliphatic hydroxyl groups excluding tert-OH is 1. The van der Waals surface area contributed by atoms with Crippen LogP contribution in [-0.2, 0) is 143 Å². The van der Waals surface area contributed by atoms with Crippen LogP contribution in [-0.4, -0.2) is 339 Å². The molecule has 0 saturated heterocycles. The van der Waals surface area contributed by atoms with E-state index in [1.165, 1.54) is 24.3 Å². The first-order chi connectivity index (χ1) is 55.6. The van der Waals surface area contributed by atoms with Crippen molar-refractivity contribution in [3.8, 4) is 0 Å². The van der Waals surface area contributed by atoms with E-state index in [0.717, 1.165) is 27.8 Å². The SMILES string of the molecule is Cc1ccc(S(=O)(=O)OCCOCCOCCOCCOCCOCCOCCOCCOCCOCCOCCOCCO)cc1.Cc1ccc(S(=O)(=O)OCCOCCOCCOCCOCCOCCOCCOCCOCCOCCOCCOCCOC(c2ccccc2)(c2ccccc2)c2ccccc2)cc1. The second-order valence-electron chi connectivity index (χ2n) is 24.0. The van der Waals surface area contributed by atoms with E-state index in [1.54, 1.807) is 24.3 Å². The van der Waals surface area contributed by atoms with Gasteiger partial charge in [-0.1, -0.05) is 126 Å². The van der Waals surface area contributed by atoms with Crippen LogP contribution in [0.15, 0.2) is 149 Å². The highest BCUT2D eigenvalue weighted by Crippen LogP contribution is 2.40. The Morgan fingerprint density at radius 2 is 0.372 bits per heavy atom. The summed E-state index contributed by atoms with van der Waals surface area (Å²) in [7, 11) is -7.56. The number of aliphatic hydroxyl groups is 1. The van der Waals surface area contributed by atoms with Crippen LogP contribution in [0.25, 0.3) is 0 Å². The first-order valence-corrected chi connectivity index (χ1v) is 41.4. The fourth-order valence-corrected chi connectivity index (χ4v) is 11.4. The molecule has 0 aliphatic carbocycles. The van der Waals surface area contributed by atoms with Crippen LogP contribution >= 0.6 is 0 Å². The van der Waals surface area contributed by atoms with Crippen LogP contribution in [0.4, 0.5) is 0 Å². The largest absolute Gasteiger partial charge is 0.394 e. The monoisotopic (exact) mass is 1640 g/mol. The van der Waals surface area contributed by atoms with Crippen LogP contribution in [0.5, 0.6) is 0 Å². The molecule has 0 amide bonds. The van der Waals surface area contributed by atoms with Gasteiger partial charge in [-0.3, -0.25) is 8.37 Å². The fourth-order valence-electron chi connectivity index (χ4n) is 9.64. The highest BCUT2D eigenvalue weighted by Gasteiger charge is 2.37. The molecule has 0 fully saturated rings. The van der Waals surface area contributed by atoms with Gasteiger partial charge in [-0.25, -0.2) is 0 Å². The number of hydrogen-bond acceptors (Lipinski definition) is 30. The van der Waals surface area contributed by atoms with Crippen molar-refractivity contribution in [2.75, 3.05) is 317 Å². The van der Waals surface area contributed by atoms with Gasteiger partial charge in [-0.2, -0.15) is 16.8 Å². The lowest BCUT2D eigenvalue weighted by molar-refractivity contribution is -0.0399. The molecular formula is C81H126O30S2. The molecule has 0 aliphatic rings. The Balaban J connectivity index is 0.000000506. The molecule has 5 aromatic carbocycles. The summed E-state index contributed by atoms with van der Waals surface area (Å²) in [6, 6.07) is 43.9. The predicted molar refractivity (Wildman–Crippen MR) is 419 cm³/mol. The van der Waals surface area contributed by atoms with Crippen molar-refractivity contribution in [2.24, 2.45) is 0 Å². The fraction of sp³-hybridized carbons (Fsp3) is 0.630. The van der Waals surface area contributed by atoms with E-state index < -0.39 is 25.8 Å². The summed E-state index contributed by atoms with van der Waals surface area (Å²) in [4.78, 5) is 0.251. The smallest absolute Gasteiger partial charge is 0.297 e. The predicted octanol–water partition coefficient (Wildman–Crippen LogP) is 6.77. The van der Waals surface area contributed by atoms with Gasteiger partial charge >= 0.3 is 0 Å². The van der Waals surface area contributed by atoms with Gasteiger partial charge < -0.3 is 114 Å². The van der Waals surface area contributed by atoms with E-state index in [9.17, 15) is 16.8 Å². The molecule has 5 rings (SSSR count). The summed E-state index contributed by atoms with van der Waals surface area (Å²) in [6.45, 7) is 23.4. The van der Waals surface area contributed by atoms with Crippen LogP contribution in [0.1, 0.15) is 27.8 Å². The van der Waals surface area contributed by atoms with Gasteiger partial charge in [0.1, 0.15) is 5.60 Å². The molecule has 0 bridgehead atoms. The Morgan fingerprint density at radius 3 is 0.549 bits per heavy atom. The zero-order chi connectivity index (χ0) is 80.4. The summed E-state index contributed by atoms with van der Waals surface area (Å²) in [5.74, 6) is 0. The number of aryl methyl sites for hydroxylation is 2. The zero-order valence-electron chi connectivity index (χ0n) is 66.3. The van der Waals surface area contributed by atoms with E-state index >= 15 is 0 Å². The Bertz CT molecular complexity index is 3020. The van der Waals surface area contributed by atoms with Crippen molar-refractivity contribution < 1.29 is 139 Å². The normalized spacial score (nSPS) is 11.9. The van der Waals surface area contributed by atoms with Crippen LogP contribution < -0.4 is 0 Å². The molecule has 642 valence electrons. The van der Waals surface area contributed by atoms with Gasteiger partial charge in [0.2, 0.25) is 0 Å². The van der Waals surface area contributed by atoms with E-state index in [-0.39, 0.29) is 42.8 Å². The quantitative estimate of drug-likeness (QED) is 0.0238. The zero-order valence-corrected chi connectivity index (χ0v) is 68.0. The van der Waals surface area contributed by atoms with E-state index in [0.29, 0.717) is 284 Å². The van der Waals surface area contributed by atoms with E-state index in [4.69, 9.17) is 122 Å². The summed E-state index contributed by atoms with van der Waals surface area (Å²) < 4.78 is 185. The Kier molecular flexibility index (Phi) is 63.1. The number of benzene rings is 5. The lowest BCUT2D eigenvalue weighted by Gasteiger charge is -2.36. The van der Waals surface area contributed by atoms with Crippen LogP contribution in [0, 0.1) is 13.8 Å². The maximum absolute atomic E-state index is 12.1. The van der Waals surface area contributed by atoms with E-state index in [2.05, 4.69) is 36.4 Å². The maximum atomic E-state index is 12.1. The summed E-state index contributed by atoms with van der Waals surface area (Å²) in [5, 5.41) is 8.58. The number of hydrogen-bond donors (Lipinski definition) is 1. The lowest BCUT2D eigenvalue weighted by atomic mass is 9.80. The summed E-state index contributed by atoms with van der Waals surface area (Å²) in [5.41, 5.74) is 4.36. The third-order valence-corrected chi connectivity index (χ3v) is 18.0. The molecule has 0 heterocycles. The maximum Gasteiger partial charge on any atom is 0.297 e. The minimum atomic E-state index is -3.78. The van der Waals surface area contributed by atoms with E-state index in [1.807, 2.05) is 68.4 Å². The molecule has 1 N–H and O–H groups in total. The standard InChI is InChI=1S/C50H70O15S.C31H56O15S/c1-45-17-19-49(20-18-45)66(51,52)65-44-42-63-40-38-61-36-34-59-32-30-57-28-26-55-24-22-53-21-23-54-25-27-56-29-31-58-33-35-60-37-39-62-41-43-64-50(46-11-5-2-6-12-46,47-13-7-3-8-14-47)48-15-9-4-10-16-48;1-30-2-4-31(5-3-30)47(33,34)46-29-28-45-27-26-44-25-24-43-23-22-42-21-20-41-19-18-40-17-16-39-15-14-38-13-12-37-11-10-36-9-8-35-7-6-32/h2-20H,21-44H2,1H3;2-5,32H,6-29H2,1H3. The van der Waals surface area contributed by atoms with Crippen LogP contribution in [0.2, 0.25) is 0 Å². The molecule has 0 radical (unpaired) electrons. The van der Waals surface area contributed by atoms with Gasteiger partial charge in [0.05, 0.1) is 327 Å². The molecule has 0 saturated carbocycles. The topological polar surface area (TPSA) is 319 Å². The minimum absolute atomic E-state index is 0.0183. The van der Waals surface area contributed by atoms with Gasteiger partial charge in [-0.15, -0.1) is 0 Å². The molecule has 0 aromatic heterocycles. The van der Waals surface area contributed by atoms with Gasteiger partial charge in [0.25, 0.3) is 20.2 Å². The van der Waals surface area contributed by atoms with Crippen molar-refractivity contribution in [3.63, 3.8) is 0 Å². The molecule has 113 heavy (non-hydrogen) atoms. The molecule has 5 aromatic rings. The van der Waals surface area contributed by atoms with Gasteiger partial charge in [0.15, 0.2) is 0 Å². The first kappa shape index (κ1) is 100.